The lowest BCUT2D eigenvalue weighted by Gasteiger charge is -2.38. The first-order chi connectivity index (χ1) is 10.0. The minimum absolute atomic E-state index is 0.365. The molecule has 3 atom stereocenters. The monoisotopic (exact) mass is 296 g/mol. The normalized spacial score (nSPS) is 28.1. The Morgan fingerprint density at radius 3 is 1.86 bits per heavy atom. The van der Waals surface area contributed by atoms with E-state index in [0.29, 0.717) is 18.1 Å². The van der Waals surface area contributed by atoms with E-state index < -0.39 is 0 Å². The van der Waals surface area contributed by atoms with Crippen molar-refractivity contribution in [1.82, 2.24) is 4.90 Å². The van der Waals surface area contributed by atoms with Gasteiger partial charge in [0.2, 0.25) is 0 Å². The smallest absolute Gasteiger partial charge is 0.0246 e. The van der Waals surface area contributed by atoms with E-state index in [1.807, 2.05) is 0 Å². The van der Waals surface area contributed by atoms with E-state index in [0.717, 1.165) is 5.92 Å². The highest BCUT2D eigenvalue weighted by atomic mass is 15.2. The van der Waals surface area contributed by atoms with Gasteiger partial charge in [-0.1, -0.05) is 65.2 Å². The molecule has 0 spiro atoms. The van der Waals surface area contributed by atoms with Crippen molar-refractivity contribution >= 4 is 0 Å². The van der Waals surface area contributed by atoms with Gasteiger partial charge < -0.3 is 5.73 Å². The molecule has 2 N–H and O–H groups in total. The molecule has 0 radical (unpaired) electrons. The summed E-state index contributed by atoms with van der Waals surface area (Å²) in [6.07, 6.45) is 15.0. The molecular formula is C19H40N2. The van der Waals surface area contributed by atoms with Gasteiger partial charge >= 0.3 is 0 Å². The minimum Gasteiger partial charge on any atom is -0.326 e. The van der Waals surface area contributed by atoms with E-state index in [1.165, 1.54) is 70.6 Å². The molecule has 0 aromatic carbocycles. The summed E-state index contributed by atoms with van der Waals surface area (Å²) in [6.45, 7) is 7.03. The zero-order chi connectivity index (χ0) is 15.7. The molecule has 1 aliphatic rings. The summed E-state index contributed by atoms with van der Waals surface area (Å²) in [4.78, 5) is 2.59. The molecule has 0 aliphatic heterocycles. The lowest BCUT2D eigenvalue weighted by atomic mass is 9.92. The molecule has 1 aliphatic carbocycles. The van der Waals surface area contributed by atoms with Gasteiger partial charge in [0.25, 0.3) is 0 Å². The fourth-order valence-electron chi connectivity index (χ4n) is 3.88. The van der Waals surface area contributed by atoms with Crippen molar-refractivity contribution in [3.63, 3.8) is 0 Å². The Bertz CT molecular complexity index is 252. The van der Waals surface area contributed by atoms with Crippen LogP contribution >= 0.6 is 0 Å². The molecule has 21 heavy (non-hydrogen) atoms. The number of hydrogen-bond donors (Lipinski definition) is 1. The molecule has 0 aromatic heterocycles. The third kappa shape index (κ3) is 7.65. The van der Waals surface area contributed by atoms with Gasteiger partial charge in [-0.15, -0.1) is 0 Å². The summed E-state index contributed by atoms with van der Waals surface area (Å²) in [6, 6.07) is 1.59. The molecule has 3 unspecified atom stereocenters. The number of rotatable bonds is 4. The van der Waals surface area contributed by atoms with Crippen molar-refractivity contribution in [1.29, 1.82) is 0 Å². The first-order valence-electron chi connectivity index (χ1n) is 9.50. The molecule has 0 amide bonds. The largest absolute Gasteiger partial charge is 0.326 e. The average Bonchev–Trinajstić information content (AvgIpc) is 2.41. The third-order valence-corrected chi connectivity index (χ3v) is 5.31. The summed E-state index contributed by atoms with van der Waals surface area (Å²) in [5.74, 6) is 0.768. The molecular weight excluding hydrogens is 256 g/mol. The topological polar surface area (TPSA) is 29.3 Å². The quantitative estimate of drug-likeness (QED) is 0.794. The second kappa shape index (κ2) is 10.6. The van der Waals surface area contributed by atoms with Crippen LogP contribution in [-0.2, 0) is 0 Å². The lowest BCUT2D eigenvalue weighted by molar-refractivity contribution is 0.129. The molecule has 1 fully saturated rings. The average molecular weight is 297 g/mol. The standard InChI is InChI=1S/C19H40N2/c1-16(2)15-17(3)21(4)19-14-12-10-8-6-5-7-9-11-13-18(19)20/h16-19H,5-15,20H2,1-4H3. The maximum absolute atomic E-state index is 6.59. The fourth-order valence-corrected chi connectivity index (χ4v) is 3.88. The highest BCUT2D eigenvalue weighted by Gasteiger charge is 2.25. The maximum atomic E-state index is 6.59. The van der Waals surface area contributed by atoms with Crippen LogP contribution in [0.4, 0.5) is 0 Å². The minimum atomic E-state index is 0.365. The van der Waals surface area contributed by atoms with E-state index in [9.17, 15) is 0 Å². The molecule has 0 heterocycles. The molecule has 1 rings (SSSR count). The van der Waals surface area contributed by atoms with E-state index in [4.69, 9.17) is 5.73 Å². The predicted octanol–water partition coefficient (Wildman–Crippen LogP) is 4.96. The highest BCUT2D eigenvalue weighted by molar-refractivity contribution is 4.84. The zero-order valence-electron chi connectivity index (χ0n) is 15.1. The van der Waals surface area contributed by atoms with E-state index in [1.54, 1.807) is 0 Å². The summed E-state index contributed by atoms with van der Waals surface area (Å²) in [7, 11) is 2.31. The van der Waals surface area contributed by atoms with Gasteiger partial charge in [0.1, 0.15) is 0 Å². The van der Waals surface area contributed by atoms with Crippen molar-refractivity contribution in [3.8, 4) is 0 Å². The number of nitrogens with two attached hydrogens (primary N) is 1. The van der Waals surface area contributed by atoms with Crippen molar-refractivity contribution in [2.45, 2.75) is 110 Å². The van der Waals surface area contributed by atoms with Crippen LogP contribution < -0.4 is 5.73 Å². The van der Waals surface area contributed by atoms with Crippen LogP contribution in [0.25, 0.3) is 0 Å². The highest BCUT2D eigenvalue weighted by Crippen LogP contribution is 2.22. The van der Waals surface area contributed by atoms with Crippen molar-refractivity contribution in [2.24, 2.45) is 11.7 Å². The SMILES string of the molecule is CC(C)CC(C)N(C)C1CCCCCCCCCCC1N. The van der Waals surface area contributed by atoms with Gasteiger partial charge in [-0.25, -0.2) is 0 Å². The number of nitrogens with zero attached hydrogens (tertiary/aromatic N) is 1. The second-order valence-electron chi connectivity index (χ2n) is 7.78. The lowest BCUT2D eigenvalue weighted by Crippen LogP contribution is -2.49. The van der Waals surface area contributed by atoms with Crippen molar-refractivity contribution in [3.05, 3.63) is 0 Å². The molecule has 2 heteroatoms. The number of hydrogen-bond acceptors (Lipinski definition) is 2. The van der Waals surface area contributed by atoms with Gasteiger partial charge in [0.05, 0.1) is 0 Å². The summed E-state index contributed by atoms with van der Waals surface area (Å²) in [5, 5.41) is 0. The molecule has 0 aromatic rings. The first-order valence-corrected chi connectivity index (χ1v) is 9.50. The summed E-state index contributed by atoms with van der Waals surface area (Å²) < 4.78 is 0. The Balaban J connectivity index is 2.58. The van der Waals surface area contributed by atoms with Gasteiger partial charge in [-0.3, -0.25) is 4.90 Å². The second-order valence-corrected chi connectivity index (χ2v) is 7.78. The van der Waals surface area contributed by atoms with E-state index >= 15 is 0 Å². The Morgan fingerprint density at radius 1 is 0.857 bits per heavy atom. The van der Waals surface area contributed by atoms with Crippen molar-refractivity contribution < 1.29 is 0 Å². The van der Waals surface area contributed by atoms with Crippen LogP contribution in [0, 0.1) is 5.92 Å². The fraction of sp³-hybridized carbons (Fsp3) is 1.00. The van der Waals surface area contributed by atoms with Gasteiger partial charge in [-0.05, 0) is 39.2 Å². The summed E-state index contributed by atoms with van der Waals surface area (Å²) >= 11 is 0. The Labute approximate surface area is 133 Å². The predicted molar refractivity (Wildman–Crippen MR) is 94.6 cm³/mol. The maximum Gasteiger partial charge on any atom is 0.0246 e. The van der Waals surface area contributed by atoms with E-state index in [-0.39, 0.29) is 0 Å². The van der Waals surface area contributed by atoms with Gasteiger partial charge in [-0.2, -0.15) is 0 Å². The molecule has 0 bridgehead atoms. The Morgan fingerprint density at radius 2 is 1.33 bits per heavy atom. The van der Waals surface area contributed by atoms with Crippen LogP contribution in [0.15, 0.2) is 0 Å². The molecule has 2 nitrogen and oxygen atoms in total. The van der Waals surface area contributed by atoms with Crippen LogP contribution in [0.3, 0.4) is 0 Å². The molecule has 0 saturated heterocycles. The third-order valence-electron chi connectivity index (χ3n) is 5.31. The Kier molecular flexibility index (Phi) is 9.59. The van der Waals surface area contributed by atoms with Crippen LogP contribution in [0.2, 0.25) is 0 Å². The Hall–Kier alpha value is -0.0800. The molecule has 1 saturated carbocycles. The van der Waals surface area contributed by atoms with Crippen LogP contribution in [-0.4, -0.2) is 30.1 Å². The van der Waals surface area contributed by atoms with E-state index in [2.05, 4.69) is 32.7 Å². The van der Waals surface area contributed by atoms with Crippen LogP contribution in [0.1, 0.15) is 91.4 Å². The van der Waals surface area contributed by atoms with Crippen LogP contribution in [0.5, 0.6) is 0 Å². The van der Waals surface area contributed by atoms with Gasteiger partial charge in [0, 0.05) is 18.1 Å². The first kappa shape index (κ1) is 19.0. The number of likely N-dealkylation sites (N-methyl/N-ethyl adjacent to an activating group) is 1. The summed E-state index contributed by atoms with van der Waals surface area (Å²) in [5.41, 5.74) is 6.59. The van der Waals surface area contributed by atoms with Crippen molar-refractivity contribution in [2.75, 3.05) is 7.05 Å². The zero-order valence-corrected chi connectivity index (χ0v) is 15.1. The van der Waals surface area contributed by atoms with Gasteiger partial charge in [0.15, 0.2) is 0 Å². The molecule has 126 valence electrons.